The lowest BCUT2D eigenvalue weighted by molar-refractivity contribution is 0.953. The molecular formula is F2S6. The van der Waals surface area contributed by atoms with E-state index >= 15 is 0 Å². The standard InChI is InChI=1S/F2S6/c1-3-5-7-8-6-4-2. The van der Waals surface area contributed by atoms with Gasteiger partial charge in [0.25, 0.3) is 0 Å². The van der Waals surface area contributed by atoms with Crippen molar-refractivity contribution in [2.75, 3.05) is 0 Å². The lowest BCUT2D eigenvalue weighted by atomic mass is 18.9. The Bertz CT molecular complexity index is 31.5. The van der Waals surface area contributed by atoms with E-state index in [1.54, 1.807) is 0 Å². The topological polar surface area (TPSA) is 0 Å². The van der Waals surface area contributed by atoms with Crippen molar-refractivity contribution in [1.82, 2.24) is 0 Å². The summed E-state index contributed by atoms with van der Waals surface area (Å²) in [4.78, 5) is 0. The molecule has 0 amide bonds. The highest BCUT2D eigenvalue weighted by molar-refractivity contribution is 9.41. The maximum absolute atomic E-state index is 11.2. The molecule has 0 radical (unpaired) electrons. The molecule has 8 heteroatoms. The molecule has 0 heterocycles. The van der Waals surface area contributed by atoms with Crippen LogP contribution in [0.15, 0.2) is 0 Å². The first-order chi connectivity index (χ1) is 3.91. The Kier molecular flexibility index (Phi) is 11.2. The van der Waals surface area contributed by atoms with Crippen LogP contribution in [0.3, 0.4) is 0 Å². The van der Waals surface area contributed by atoms with Gasteiger partial charge in [-0.05, 0) is 0 Å². The minimum Gasteiger partial charge on any atom is -0.152 e. The van der Waals surface area contributed by atoms with E-state index in [4.69, 9.17) is 0 Å². The molecule has 0 aliphatic heterocycles. The Morgan fingerprint density at radius 3 is 1.25 bits per heavy atom. The highest BCUT2D eigenvalue weighted by atomic mass is 33.9. The van der Waals surface area contributed by atoms with Crippen LogP contribution < -0.4 is 0 Å². The van der Waals surface area contributed by atoms with Gasteiger partial charge in [0.05, 0.1) is 0 Å². The molecule has 0 aliphatic rings. The van der Waals surface area contributed by atoms with Crippen LogP contribution in [0, 0.1) is 0 Å². The average Bonchev–Trinajstić information content (AvgIpc) is 1.81. The van der Waals surface area contributed by atoms with E-state index in [1.807, 2.05) is 0 Å². The molecule has 0 rings (SSSR count). The van der Waals surface area contributed by atoms with Crippen molar-refractivity contribution < 1.29 is 7.77 Å². The lowest BCUT2D eigenvalue weighted by Gasteiger charge is -1.86. The van der Waals surface area contributed by atoms with Crippen LogP contribution in [-0.4, -0.2) is 0 Å². The summed E-state index contributed by atoms with van der Waals surface area (Å²) in [6.45, 7) is 0. The van der Waals surface area contributed by atoms with E-state index < -0.39 is 0 Å². The fourth-order valence-electron chi connectivity index (χ4n) is 0.0437. The first-order valence-corrected chi connectivity index (χ1v) is 8.43. The van der Waals surface area contributed by atoms with Crippen LogP contribution in [0.5, 0.6) is 0 Å². The zero-order chi connectivity index (χ0) is 6.24. The molecule has 0 atom stereocenters. The first kappa shape index (κ1) is 9.96. The Labute approximate surface area is 69.0 Å². The van der Waals surface area contributed by atoms with Gasteiger partial charge in [0.1, 0.15) is 22.4 Å². The number of hydrogen-bond donors (Lipinski definition) is 0. The molecular weight excluding hydrogens is 230 g/mol. The molecule has 0 aromatic carbocycles. The smallest absolute Gasteiger partial charge is 0.127 e. The number of halogens is 2. The third kappa shape index (κ3) is 7.96. The molecule has 0 N–H and O–H groups in total. The second-order valence-corrected chi connectivity index (χ2v) is 8.48. The predicted molar refractivity (Wildman–Crippen MR) is 47.8 cm³/mol. The summed E-state index contributed by atoms with van der Waals surface area (Å²) in [6, 6.07) is 0. The van der Waals surface area contributed by atoms with Crippen molar-refractivity contribution in [2.24, 2.45) is 0 Å². The zero-order valence-electron chi connectivity index (χ0n) is 3.21. The average molecular weight is 230 g/mol. The van der Waals surface area contributed by atoms with Crippen molar-refractivity contribution in [3.8, 4) is 0 Å². The molecule has 8 heavy (non-hydrogen) atoms. The van der Waals surface area contributed by atoms with Crippen molar-refractivity contribution in [3.63, 3.8) is 0 Å². The minimum absolute atomic E-state index is 0.166. The van der Waals surface area contributed by atoms with E-state index in [0.29, 0.717) is 0 Å². The fraction of sp³-hybridized carbons (Fsp3) is 0. The summed E-state index contributed by atoms with van der Waals surface area (Å²) in [5.74, 6) is 0. The molecule has 0 aromatic heterocycles. The number of rotatable bonds is 5. The molecule has 0 spiro atoms. The summed E-state index contributed by atoms with van der Waals surface area (Å²) in [6.07, 6.45) is 0. The quantitative estimate of drug-likeness (QED) is 0.491. The van der Waals surface area contributed by atoms with E-state index in [-0.39, 0.29) is 22.4 Å². The van der Waals surface area contributed by atoms with Crippen LogP contribution in [0.25, 0.3) is 0 Å². The summed E-state index contributed by atoms with van der Waals surface area (Å²) in [5, 5.41) is 0. The first-order valence-electron chi connectivity index (χ1n) is 1.14. The minimum atomic E-state index is 0.166. The molecule has 0 bridgehead atoms. The summed E-state index contributed by atoms with van der Waals surface area (Å²) >= 11 is 0.332. The van der Waals surface area contributed by atoms with Gasteiger partial charge in [-0.25, -0.2) is 0 Å². The molecule has 0 aromatic rings. The van der Waals surface area contributed by atoms with Gasteiger partial charge in [-0.1, -0.05) is 0 Å². The Morgan fingerprint density at radius 1 is 0.625 bits per heavy atom. The highest BCUT2D eigenvalue weighted by Gasteiger charge is 1.91. The van der Waals surface area contributed by atoms with Crippen molar-refractivity contribution >= 4 is 61.7 Å². The van der Waals surface area contributed by atoms with Gasteiger partial charge in [0, 0.05) is 39.3 Å². The normalized spacial score (nSPS) is 9.75. The summed E-state index contributed by atoms with van der Waals surface area (Å²) in [5.41, 5.74) is 0. The number of hydrogen-bond acceptors (Lipinski definition) is 6. The van der Waals surface area contributed by atoms with Crippen LogP contribution in [0.4, 0.5) is 7.77 Å². The predicted octanol–water partition coefficient (Wildman–Crippen LogP) is 4.73. The Hall–Kier alpha value is 1.96. The van der Waals surface area contributed by atoms with Gasteiger partial charge in [0.15, 0.2) is 0 Å². The van der Waals surface area contributed by atoms with E-state index in [0.717, 1.165) is 19.7 Å². The Balaban J connectivity index is 2.53. The van der Waals surface area contributed by atoms with E-state index in [9.17, 15) is 7.77 Å². The second-order valence-electron chi connectivity index (χ2n) is 0.398. The largest absolute Gasteiger partial charge is 0.152 e. The molecule has 0 unspecified atom stereocenters. The maximum atomic E-state index is 11.2. The zero-order valence-corrected chi connectivity index (χ0v) is 8.10. The van der Waals surface area contributed by atoms with E-state index in [1.165, 1.54) is 19.7 Å². The van der Waals surface area contributed by atoms with Crippen LogP contribution in [0.1, 0.15) is 0 Å². The van der Waals surface area contributed by atoms with Crippen LogP contribution in [-0.2, 0) is 0 Å². The van der Waals surface area contributed by atoms with Crippen LogP contribution in [0.2, 0.25) is 0 Å². The SMILES string of the molecule is FSSSSSSF. The van der Waals surface area contributed by atoms with Crippen molar-refractivity contribution in [1.29, 1.82) is 0 Å². The third-order valence-electron chi connectivity index (χ3n) is 0.135. The molecule has 0 nitrogen and oxygen atoms in total. The van der Waals surface area contributed by atoms with Gasteiger partial charge in [0.2, 0.25) is 0 Å². The lowest BCUT2D eigenvalue weighted by Crippen LogP contribution is -1.24. The molecule has 0 saturated heterocycles. The van der Waals surface area contributed by atoms with E-state index in [2.05, 4.69) is 0 Å². The Morgan fingerprint density at radius 2 is 1.00 bits per heavy atom. The second kappa shape index (κ2) is 8.96. The molecule has 0 saturated carbocycles. The van der Waals surface area contributed by atoms with Crippen molar-refractivity contribution in [2.45, 2.75) is 0 Å². The summed E-state index contributed by atoms with van der Waals surface area (Å²) < 4.78 is 22.3. The maximum Gasteiger partial charge on any atom is 0.127 e. The van der Waals surface area contributed by atoms with Gasteiger partial charge >= 0.3 is 0 Å². The van der Waals surface area contributed by atoms with Gasteiger partial charge in [-0.3, -0.25) is 0 Å². The fourth-order valence-corrected chi connectivity index (χ4v) is 7.21. The van der Waals surface area contributed by atoms with Gasteiger partial charge in [-0.2, -0.15) is 7.77 Å². The molecule has 0 aliphatic carbocycles. The van der Waals surface area contributed by atoms with Crippen LogP contribution >= 0.6 is 61.7 Å². The third-order valence-corrected chi connectivity index (χ3v) is 8.14. The monoisotopic (exact) mass is 230 g/mol. The van der Waals surface area contributed by atoms with Crippen molar-refractivity contribution in [3.05, 3.63) is 0 Å². The molecule has 0 fully saturated rings. The summed E-state index contributed by atoms with van der Waals surface area (Å²) in [7, 11) is 4.36. The highest BCUT2D eigenvalue weighted by Crippen LogP contribution is 2.52. The molecule has 50 valence electrons. The van der Waals surface area contributed by atoms with Gasteiger partial charge < -0.3 is 0 Å². The van der Waals surface area contributed by atoms with Gasteiger partial charge in [-0.15, -0.1) is 0 Å².